The minimum atomic E-state index is 0.359. The van der Waals surface area contributed by atoms with Gasteiger partial charge in [-0.3, -0.25) is 0 Å². The van der Waals surface area contributed by atoms with Gasteiger partial charge in [-0.1, -0.05) is 24.3 Å². The molecular weight excluding hydrogens is 184 g/mol. The third kappa shape index (κ3) is 1.24. The summed E-state index contributed by atoms with van der Waals surface area (Å²) in [5, 5.41) is 12.4. The molecule has 0 bridgehead atoms. The highest BCUT2D eigenvalue weighted by atomic mass is 15.0. The maximum absolute atomic E-state index is 8.88. The lowest BCUT2D eigenvalue weighted by molar-refractivity contribution is 0.650. The minimum Gasteiger partial charge on any atom is -0.378 e. The van der Waals surface area contributed by atoms with Crippen molar-refractivity contribution in [3.63, 3.8) is 0 Å². The summed E-state index contributed by atoms with van der Waals surface area (Å²) in [5.41, 5.74) is 3.44. The van der Waals surface area contributed by atoms with Crippen molar-refractivity contribution in [2.75, 3.05) is 0 Å². The van der Waals surface area contributed by atoms with Crippen molar-refractivity contribution in [1.29, 1.82) is 5.26 Å². The summed E-state index contributed by atoms with van der Waals surface area (Å²) in [5.74, 6) is 0.371. The van der Waals surface area contributed by atoms with Crippen molar-refractivity contribution in [3.8, 4) is 6.07 Å². The van der Waals surface area contributed by atoms with Gasteiger partial charge in [-0.05, 0) is 24.5 Å². The molecule has 15 heavy (non-hydrogen) atoms. The maximum atomic E-state index is 8.88. The van der Waals surface area contributed by atoms with Crippen molar-refractivity contribution in [1.82, 2.24) is 5.32 Å². The van der Waals surface area contributed by atoms with Gasteiger partial charge in [-0.25, -0.2) is 0 Å². The second-order valence-corrected chi connectivity index (χ2v) is 4.14. The zero-order chi connectivity index (χ0) is 10.3. The number of hydrogen-bond acceptors (Lipinski definition) is 2. The number of fused-ring (bicyclic) bond motifs is 3. The number of allylic oxidation sites excluding steroid dienone is 5. The molecule has 1 saturated heterocycles. The van der Waals surface area contributed by atoms with Gasteiger partial charge in [0.05, 0.1) is 12.1 Å². The first-order chi connectivity index (χ1) is 7.38. The number of nitrogens with one attached hydrogen (secondary N) is 1. The van der Waals surface area contributed by atoms with Gasteiger partial charge in [0.25, 0.3) is 0 Å². The normalized spacial score (nSPS) is 31.5. The molecule has 2 unspecified atom stereocenters. The lowest BCUT2D eigenvalue weighted by atomic mass is 9.87. The molecule has 1 heterocycles. The van der Waals surface area contributed by atoms with E-state index in [1.807, 2.05) is 6.08 Å². The summed E-state index contributed by atoms with van der Waals surface area (Å²) in [6.45, 7) is 0. The Morgan fingerprint density at radius 1 is 1.33 bits per heavy atom. The van der Waals surface area contributed by atoms with E-state index in [4.69, 9.17) is 5.26 Å². The summed E-state index contributed by atoms with van der Waals surface area (Å²) < 4.78 is 0. The van der Waals surface area contributed by atoms with Crippen molar-refractivity contribution in [3.05, 3.63) is 47.2 Å². The first kappa shape index (κ1) is 8.55. The van der Waals surface area contributed by atoms with Crippen LogP contribution in [0.3, 0.4) is 0 Å². The molecule has 2 heteroatoms. The fraction of sp³-hybridized carbons (Fsp3) is 0.308. The molecule has 0 spiro atoms. The molecule has 0 radical (unpaired) electrons. The molecule has 0 saturated carbocycles. The van der Waals surface area contributed by atoms with E-state index in [9.17, 15) is 0 Å². The van der Waals surface area contributed by atoms with E-state index in [0.717, 1.165) is 18.4 Å². The number of nitriles is 1. The molecule has 0 aromatic rings. The van der Waals surface area contributed by atoms with Crippen molar-refractivity contribution < 1.29 is 0 Å². The molecule has 74 valence electrons. The standard InChI is InChI=1S/C13H12N2/c14-8-9-5-6-13-11(7-9)10-3-1-2-4-12(10)15-13/h3-7,11,13,15H,1-2H2. The smallest absolute Gasteiger partial charge is 0.0988 e. The Morgan fingerprint density at radius 2 is 2.20 bits per heavy atom. The molecule has 1 fully saturated rings. The summed E-state index contributed by atoms with van der Waals surface area (Å²) in [4.78, 5) is 0. The van der Waals surface area contributed by atoms with Crippen LogP contribution in [0.4, 0.5) is 0 Å². The Morgan fingerprint density at radius 3 is 3.07 bits per heavy atom. The monoisotopic (exact) mass is 196 g/mol. The molecule has 2 atom stereocenters. The Hall–Kier alpha value is -1.75. The lowest BCUT2D eigenvalue weighted by Gasteiger charge is -2.16. The largest absolute Gasteiger partial charge is 0.378 e. The van der Waals surface area contributed by atoms with Gasteiger partial charge in [-0.2, -0.15) is 5.26 Å². The molecule has 2 aliphatic carbocycles. The second kappa shape index (κ2) is 3.13. The maximum Gasteiger partial charge on any atom is 0.0988 e. The van der Waals surface area contributed by atoms with Crippen LogP contribution in [0.1, 0.15) is 12.8 Å². The van der Waals surface area contributed by atoms with Gasteiger partial charge in [0.15, 0.2) is 0 Å². The third-order valence-electron chi connectivity index (χ3n) is 3.23. The lowest BCUT2D eigenvalue weighted by Crippen LogP contribution is -2.24. The summed E-state index contributed by atoms with van der Waals surface area (Å²) in [6, 6.07) is 2.57. The topological polar surface area (TPSA) is 35.8 Å². The van der Waals surface area contributed by atoms with Crippen molar-refractivity contribution in [2.24, 2.45) is 5.92 Å². The van der Waals surface area contributed by atoms with Crippen LogP contribution in [0.15, 0.2) is 47.2 Å². The Kier molecular flexibility index (Phi) is 1.78. The van der Waals surface area contributed by atoms with E-state index in [-0.39, 0.29) is 0 Å². The van der Waals surface area contributed by atoms with Crippen LogP contribution in [-0.4, -0.2) is 6.04 Å². The zero-order valence-corrected chi connectivity index (χ0v) is 8.40. The fourth-order valence-electron chi connectivity index (χ4n) is 2.51. The van der Waals surface area contributed by atoms with Crippen LogP contribution in [0, 0.1) is 17.2 Å². The summed E-state index contributed by atoms with van der Waals surface area (Å²) >= 11 is 0. The average Bonchev–Trinajstić information content (AvgIpc) is 2.66. The molecule has 0 aromatic carbocycles. The van der Waals surface area contributed by atoms with Gasteiger partial charge < -0.3 is 5.32 Å². The van der Waals surface area contributed by atoms with E-state index in [1.165, 1.54) is 11.3 Å². The summed E-state index contributed by atoms with van der Waals surface area (Å²) in [6.07, 6.45) is 12.9. The molecule has 1 aliphatic heterocycles. The number of hydrogen-bond donors (Lipinski definition) is 1. The fourth-order valence-corrected chi connectivity index (χ4v) is 2.51. The Balaban J connectivity index is 2.02. The van der Waals surface area contributed by atoms with E-state index < -0.39 is 0 Å². The van der Waals surface area contributed by atoms with Gasteiger partial charge >= 0.3 is 0 Å². The molecule has 3 rings (SSSR count). The van der Waals surface area contributed by atoms with Crippen LogP contribution < -0.4 is 5.32 Å². The summed E-state index contributed by atoms with van der Waals surface area (Å²) in [7, 11) is 0. The highest BCUT2D eigenvalue weighted by Gasteiger charge is 2.33. The van der Waals surface area contributed by atoms with Crippen LogP contribution >= 0.6 is 0 Å². The molecule has 3 aliphatic rings. The molecule has 1 N–H and O–H groups in total. The van der Waals surface area contributed by atoms with Gasteiger partial charge in [0.1, 0.15) is 0 Å². The first-order valence-electron chi connectivity index (χ1n) is 5.36. The zero-order valence-electron chi connectivity index (χ0n) is 8.40. The highest BCUT2D eigenvalue weighted by Crippen LogP contribution is 2.37. The minimum absolute atomic E-state index is 0.359. The van der Waals surface area contributed by atoms with Crippen molar-refractivity contribution in [2.45, 2.75) is 18.9 Å². The predicted octanol–water partition coefficient (Wildman–Crippen LogP) is 2.20. The van der Waals surface area contributed by atoms with E-state index in [0.29, 0.717) is 12.0 Å². The van der Waals surface area contributed by atoms with E-state index >= 15 is 0 Å². The van der Waals surface area contributed by atoms with Crippen molar-refractivity contribution >= 4 is 0 Å². The van der Waals surface area contributed by atoms with Gasteiger partial charge in [0.2, 0.25) is 0 Å². The van der Waals surface area contributed by atoms with Gasteiger partial charge in [0, 0.05) is 17.2 Å². The number of rotatable bonds is 0. The quantitative estimate of drug-likeness (QED) is 0.644. The van der Waals surface area contributed by atoms with E-state index in [1.54, 1.807) is 0 Å². The number of nitrogens with zero attached hydrogens (tertiary/aromatic N) is 1. The average molecular weight is 196 g/mol. The molecule has 0 aromatic heterocycles. The Bertz CT molecular complexity index is 457. The van der Waals surface area contributed by atoms with Crippen LogP contribution in [-0.2, 0) is 0 Å². The SMILES string of the molecule is N#CC1=CC2C3=CCCC=C3NC2C=C1. The first-order valence-corrected chi connectivity index (χ1v) is 5.36. The molecule has 2 nitrogen and oxygen atoms in total. The van der Waals surface area contributed by atoms with Crippen LogP contribution in [0.2, 0.25) is 0 Å². The third-order valence-corrected chi connectivity index (χ3v) is 3.23. The Labute approximate surface area is 89.3 Å². The van der Waals surface area contributed by atoms with Crippen LogP contribution in [0.5, 0.6) is 0 Å². The predicted molar refractivity (Wildman–Crippen MR) is 58.6 cm³/mol. The molecular formula is C13H12N2. The molecule has 0 amide bonds. The van der Waals surface area contributed by atoms with E-state index in [2.05, 4.69) is 35.7 Å². The van der Waals surface area contributed by atoms with Gasteiger partial charge in [-0.15, -0.1) is 0 Å². The van der Waals surface area contributed by atoms with Crippen LogP contribution in [0.25, 0.3) is 0 Å². The second-order valence-electron chi connectivity index (χ2n) is 4.14. The highest BCUT2D eigenvalue weighted by molar-refractivity contribution is 5.50.